The van der Waals surface area contributed by atoms with E-state index in [1.165, 1.54) is 6.21 Å². The van der Waals surface area contributed by atoms with E-state index in [0.29, 0.717) is 22.7 Å². The molecule has 0 bridgehead atoms. The predicted molar refractivity (Wildman–Crippen MR) is 102 cm³/mol. The SMILES string of the molecule is CN1CCC(c2cc(-c3cccc(-c4cc(C=N)c(N)cn4)c3)no2)C1=O. The van der Waals surface area contributed by atoms with E-state index < -0.39 is 0 Å². The minimum atomic E-state index is -0.256. The Labute approximate surface area is 156 Å². The minimum absolute atomic E-state index is 0.0664. The fourth-order valence-electron chi connectivity index (χ4n) is 3.28. The number of nitrogen functional groups attached to an aromatic ring is 1. The minimum Gasteiger partial charge on any atom is -0.397 e. The van der Waals surface area contributed by atoms with Gasteiger partial charge in [-0.1, -0.05) is 23.4 Å². The van der Waals surface area contributed by atoms with Gasteiger partial charge in [0, 0.05) is 42.6 Å². The van der Waals surface area contributed by atoms with Crippen LogP contribution in [0.5, 0.6) is 0 Å². The van der Waals surface area contributed by atoms with Gasteiger partial charge in [-0.2, -0.15) is 0 Å². The fraction of sp³-hybridized carbons (Fsp3) is 0.200. The molecule has 1 aliphatic rings. The summed E-state index contributed by atoms with van der Waals surface area (Å²) in [7, 11) is 1.80. The molecule has 1 aromatic carbocycles. The lowest BCUT2D eigenvalue weighted by molar-refractivity contribution is -0.128. The molecule has 1 atom stereocenters. The van der Waals surface area contributed by atoms with E-state index in [0.717, 1.165) is 29.8 Å². The summed E-state index contributed by atoms with van der Waals surface area (Å²) in [6.07, 6.45) is 3.51. The lowest BCUT2D eigenvalue weighted by atomic mass is 10.0. The summed E-state index contributed by atoms with van der Waals surface area (Å²) < 4.78 is 5.46. The van der Waals surface area contributed by atoms with Crippen molar-refractivity contribution in [2.45, 2.75) is 12.3 Å². The predicted octanol–water partition coefficient (Wildman–Crippen LogP) is 2.93. The second kappa shape index (κ2) is 6.68. The Morgan fingerprint density at radius 1 is 1.26 bits per heavy atom. The molecule has 0 saturated carbocycles. The lowest BCUT2D eigenvalue weighted by Gasteiger charge is -2.07. The number of nitrogens with two attached hydrogens (primary N) is 1. The van der Waals surface area contributed by atoms with Gasteiger partial charge in [-0.05, 0) is 18.6 Å². The third-order valence-electron chi connectivity index (χ3n) is 4.88. The summed E-state index contributed by atoms with van der Waals surface area (Å²) in [5.74, 6) is 0.409. The zero-order valence-electron chi connectivity index (χ0n) is 14.8. The maximum atomic E-state index is 12.2. The Morgan fingerprint density at radius 3 is 2.74 bits per heavy atom. The Bertz CT molecular complexity index is 1030. The van der Waals surface area contributed by atoms with Crippen molar-refractivity contribution in [1.29, 1.82) is 5.41 Å². The third-order valence-corrected chi connectivity index (χ3v) is 4.88. The van der Waals surface area contributed by atoms with Gasteiger partial charge in [-0.25, -0.2) is 0 Å². The van der Waals surface area contributed by atoms with Crippen LogP contribution in [0.1, 0.15) is 23.7 Å². The van der Waals surface area contributed by atoms with Gasteiger partial charge >= 0.3 is 0 Å². The molecule has 1 unspecified atom stereocenters. The van der Waals surface area contributed by atoms with E-state index in [9.17, 15) is 4.79 Å². The van der Waals surface area contributed by atoms with Crippen LogP contribution < -0.4 is 5.73 Å². The second-order valence-electron chi connectivity index (χ2n) is 6.64. The molecule has 3 heterocycles. The number of nitrogens with zero attached hydrogens (tertiary/aromatic N) is 3. The summed E-state index contributed by atoms with van der Waals surface area (Å²) in [5, 5.41) is 11.6. The first-order valence-electron chi connectivity index (χ1n) is 8.65. The first-order valence-corrected chi connectivity index (χ1v) is 8.65. The van der Waals surface area contributed by atoms with Gasteiger partial charge in [0.1, 0.15) is 17.4 Å². The number of anilines is 1. The van der Waals surface area contributed by atoms with Crippen LogP contribution in [0.3, 0.4) is 0 Å². The highest BCUT2D eigenvalue weighted by Gasteiger charge is 2.33. The topological polar surface area (TPSA) is 109 Å². The molecular formula is C20H19N5O2. The van der Waals surface area contributed by atoms with Gasteiger partial charge in [-0.3, -0.25) is 9.78 Å². The van der Waals surface area contributed by atoms with Gasteiger partial charge in [-0.15, -0.1) is 0 Å². The average Bonchev–Trinajstić information content (AvgIpc) is 3.30. The molecule has 7 heteroatoms. The van der Waals surface area contributed by atoms with E-state index in [-0.39, 0.29) is 11.8 Å². The molecule has 1 fully saturated rings. The van der Waals surface area contributed by atoms with Crippen molar-refractivity contribution in [1.82, 2.24) is 15.0 Å². The molecule has 2 aromatic heterocycles. The molecule has 136 valence electrons. The number of pyridine rings is 1. The average molecular weight is 361 g/mol. The number of hydrogen-bond donors (Lipinski definition) is 2. The molecule has 0 radical (unpaired) electrons. The maximum Gasteiger partial charge on any atom is 0.233 e. The zero-order valence-corrected chi connectivity index (χ0v) is 14.8. The Morgan fingerprint density at radius 2 is 2.04 bits per heavy atom. The number of benzene rings is 1. The first-order chi connectivity index (χ1) is 13.1. The van der Waals surface area contributed by atoms with Gasteiger partial charge < -0.3 is 20.6 Å². The number of carbonyl (C=O) groups is 1. The summed E-state index contributed by atoms with van der Waals surface area (Å²) in [6.45, 7) is 0.729. The highest BCUT2D eigenvalue weighted by Crippen LogP contribution is 2.32. The van der Waals surface area contributed by atoms with Crippen molar-refractivity contribution < 1.29 is 9.32 Å². The number of hydrogen-bond acceptors (Lipinski definition) is 6. The molecule has 1 amide bonds. The van der Waals surface area contributed by atoms with Crippen LogP contribution in [-0.4, -0.2) is 40.8 Å². The van der Waals surface area contributed by atoms with Crippen LogP contribution in [0.25, 0.3) is 22.5 Å². The number of amides is 1. The van der Waals surface area contributed by atoms with Crippen molar-refractivity contribution in [3.63, 3.8) is 0 Å². The van der Waals surface area contributed by atoms with E-state index in [2.05, 4.69) is 10.1 Å². The first kappa shape index (κ1) is 17.0. The van der Waals surface area contributed by atoms with E-state index >= 15 is 0 Å². The molecule has 1 aliphatic heterocycles. The van der Waals surface area contributed by atoms with Crippen LogP contribution >= 0.6 is 0 Å². The Balaban J connectivity index is 1.66. The zero-order chi connectivity index (χ0) is 19.0. The number of aromatic nitrogens is 2. The molecule has 3 N–H and O–H groups in total. The van der Waals surface area contributed by atoms with Gasteiger partial charge in [0.15, 0.2) is 0 Å². The highest BCUT2D eigenvalue weighted by atomic mass is 16.5. The Hall–Kier alpha value is -3.48. The largest absolute Gasteiger partial charge is 0.397 e. The molecule has 0 aliphatic carbocycles. The summed E-state index contributed by atoms with van der Waals surface area (Å²) in [4.78, 5) is 18.2. The molecule has 7 nitrogen and oxygen atoms in total. The van der Waals surface area contributed by atoms with Crippen molar-refractivity contribution >= 4 is 17.8 Å². The number of likely N-dealkylation sites (tertiary alicyclic amines) is 1. The Kier molecular flexibility index (Phi) is 4.19. The summed E-state index contributed by atoms with van der Waals surface area (Å²) in [5.41, 5.74) is 10.1. The quantitative estimate of drug-likeness (QED) is 0.695. The van der Waals surface area contributed by atoms with Crippen LogP contribution in [0, 0.1) is 5.41 Å². The summed E-state index contributed by atoms with van der Waals surface area (Å²) in [6, 6.07) is 11.4. The fourth-order valence-corrected chi connectivity index (χ4v) is 3.28. The maximum absolute atomic E-state index is 12.2. The highest BCUT2D eigenvalue weighted by molar-refractivity contribution is 5.87. The van der Waals surface area contributed by atoms with E-state index in [4.69, 9.17) is 15.7 Å². The second-order valence-corrected chi connectivity index (χ2v) is 6.64. The standard InChI is InChI=1S/C20H19N5O2/c1-25-6-5-15(20(25)26)19-9-18(24-27-19)13-4-2-3-12(7-13)17-8-14(10-21)16(22)11-23-17/h2-4,7-11,15,21H,5-6,22H2,1H3. The normalized spacial score (nSPS) is 16.7. The van der Waals surface area contributed by atoms with Crippen LogP contribution in [0.15, 0.2) is 47.1 Å². The number of carbonyl (C=O) groups excluding carboxylic acids is 1. The smallest absolute Gasteiger partial charge is 0.233 e. The number of nitrogens with one attached hydrogen (secondary N) is 1. The molecule has 4 rings (SSSR count). The van der Waals surface area contributed by atoms with Crippen LogP contribution in [-0.2, 0) is 4.79 Å². The van der Waals surface area contributed by atoms with Gasteiger partial charge in [0.25, 0.3) is 0 Å². The lowest BCUT2D eigenvalue weighted by Crippen LogP contribution is -2.21. The van der Waals surface area contributed by atoms with Crippen molar-refractivity contribution in [2.75, 3.05) is 19.3 Å². The van der Waals surface area contributed by atoms with Gasteiger partial charge in [0.05, 0.1) is 17.6 Å². The van der Waals surface area contributed by atoms with Crippen LogP contribution in [0.4, 0.5) is 5.69 Å². The van der Waals surface area contributed by atoms with Crippen molar-refractivity contribution in [3.8, 4) is 22.5 Å². The van der Waals surface area contributed by atoms with Crippen molar-refractivity contribution in [2.24, 2.45) is 0 Å². The van der Waals surface area contributed by atoms with Crippen molar-refractivity contribution in [3.05, 3.63) is 53.9 Å². The molecule has 27 heavy (non-hydrogen) atoms. The molecule has 0 spiro atoms. The van der Waals surface area contributed by atoms with E-state index in [1.807, 2.05) is 30.3 Å². The molecule has 3 aromatic rings. The third kappa shape index (κ3) is 3.08. The summed E-state index contributed by atoms with van der Waals surface area (Å²) >= 11 is 0. The number of rotatable bonds is 4. The molecular weight excluding hydrogens is 342 g/mol. The van der Waals surface area contributed by atoms with Gasteiger partial charge in [0.2, 0.25) is 5.91 Å². The number of likely N-dealkylation sites (N-methyl/N-ethyl adjacent to an activating group) is 1. The van der Waals surface area contributed by atoms with Crippen LogP contribution in [0.2, 0.25) is 0 Å². The van der Waals surface area contributed by atoms with E-state index in [1.54, 1.807) is 24.2 Å². The molecule has 1 saturated heterocycles. The monoisotopic (exact) mass is 361 g/mol.